The number of hydrogen-bond donors (Lipinski definition) is 3. The summed E-state index contributed by atoms with van der Waals surface area (Å²) < 4.78 is 0. The van der Waals surface area contributed by atoms with E-state index in [0.29, 0.717) is 6.42 Å². The number of benzene rings is 1. The number of aromatic hydroxyl groups is 1. The van der Waals surface area contributed by atoms with E-state index in [1.807, 2.05) is 0 Å². The highest BCUT2D eigenvalue weighted by Gasteiger charge is 2.20. The largest absolute Gasteiger partial charge is 0.508 e. The van der Waals surface area contributed by atoms with E-state index in [9.17, 15) is 19.8 Å². The molecular weight excluding hydrogens is 354 g/mol. The van der Waals surface area contributed by atoms with Crippen molar-refractivity contribution in [1.82, 2.24) is 5.32 Å². The lowest BCUT2D eigenvalue weighted by atomic mass is 10.0. The fourth-order valence-electron chi connectivity index (χ4n) is 3.28. The van der Waals surface area contributed by atoms with Gasteiger partial charge in [0.25, 0.3) is 0 Å². The summed E-state index contributed by atoms with van der Waals surface area (Å²) in [5, 5.41) is 21.2. The molecule has 0 bridgehead atoms. The number of carbonyl (C=O) groups is 2. The minimum absolute atomic E-state index is 0.135. The van der Waals surface area contributed by atoms with Crippen molar-refractivity contribution < 1.29 is 19.8 Å². The van der Waals surface area contributed by atoms with Gasteiger partial charge in [-0.15, -0.1) is 0 Å². The van der Waals surface area contributed by atoms with Gasteiger partial charge in [-0.25, -0.2) is 4.79 Å². The second kappa shape index (κ2) is 14.9. The number of nitrogens with one attached hydrogen (secondary N) is 1. The zero-order chi connectivity index (χ0) is 20.6. The van der Waals surface area contributed by atoms with Crippen molar-refractivity contribution in [2.45, 2.75) is 96.4 Å². The quantitative estimate of drug-likeness (QED) is 0.338. The van der Waals surface area contributed by atoms with Gasteiger partial charge in [0.15, 0.2) is 0 Å². The lowest BCUT2D eigenvalue weighted by molar-refractivity contribution is -0.141. The summed E-state index contributed by atoms with van der Waals surface area (Å²) in [6.45, 7) is 2.23. The van der Waals surface area contributed by atoms with E-state index in [0.717, 1.165) is 24.8 Å². The molecule has 0 saturated heterocycles. The van der Waals surface area contributed by atoms with Crippen LogP contribution in [0.1, 0.15) is 89.5 Å². The Hall–Kier alpha value is -2.04. The van der Waals surface area contributed by atoms with Crippen LogP contribution in [0.25, 0.3) is 0 Å². The molecule has 0 saturated carbocycles. The van der Waals surface area contributed by atoms with Crippen LogP contribution in [0.5, 0.6) is 5.75 Å². The summed E-state index contributed by atoms with van der Waals surface area (Å²) in [7, 11) is 0. The van der Waals surface area contributed by atoms with Crippen LogP contribution in [0.15, 0.2) is 24.3 Å². The van der Waals surface area contributed by atoms with Crippen molar-refractivity contribution in [2.75, 3.05) is 0 Å². The molecule has 0 unspecified atom stereocenters. The van der Waals surface area contributed by atoms with E-state index in [1.165, 1.54) is 63.5 Å². The average Bonchev–Trinajstić information content (AvgIpc) is 2.67. The first kappa shape index (κ1) is 24.0. The van der Waals surface area contributed by atoms with Crippen molar-refractivity contribution in [3.63, 3.8) is 0 Å². The van der Waals surface area contributed by atoms with Crippen LogP contribution in [-0.4, -0.2) is 28.1 Å². The highest BCUT2D eigenvalue weighted by molar-refractivity contribution is 5.83. The maximum Gasteiger partial charge on any atom is 0.326 e. The Morgan fingerprint density at radius 3 is 1.86 bits per heavy atom. The number of hydrogen-bond acceptors (Lipinski definition) is 3. The number of amides is 1. The molecule has 158 valence electrons. The number of phenols is 1. The molecule has 5 nitrogen and oxygen atoms in total. The molecule has 0 heterocycles. The Kier molecular flexibility index (Phi) is 12.8. The topological polar surface area (TPSA) is 86.6 Å². The van der Waals surface area contributed by atoms with Gasteiger partial charge in [0.05, 0.1) is 0 Å². The molecule has 0 aliphatic carbocycles. The first-order valence-electron chi connectivity index (χ1n) is 10.8. The zero-order valence-electron chi connectivity index (χ0n) is 17.3. The Morgan fingerprint density at radius 1 is 0.857 bits per heavy atom. The number of carboxylic acids is 1. The van der Waals surface area contributed by atoms with Crippen LogP contribution in [-0.2, 0) is 16.0 Å². The van der Waals surface area contributed by atoms with Gasteiger partial charge in [0.2, 0.25) is 5.91 Å². The number of carboxylic acid groups (broad SMARTS) is 1. The predicted octanol–water partition coefficient (Wildman–Crippen LogP) is 5.21. The highest BCUT2D eigenvalue weighted by atomic mass is 16.4. The number of aliphatic carboxylic acids is 1. The van der Waals surface area contributed by atoms with Crippen molar-refractivity contribution >= 4 is 11.9 Å². The molecule has 1 aromatic rings. The molecule has 0 aliphatic heterocycles. The Balaban J connectivity index is 2.11. The number of rotatable bonds is 16. The monoisotopic (exact) mass is 391 g/mol. The third-order valence-corrected chi connectivity index (χ3v) is 5.02. The van der Waals surface area contributed by atoms with Crippen LogP contribution in [0.4, 0.5) is 0 Å². The molecule has 28 heavy (non-hydrogen) atoms. The summed E-state index contributed by atoms with van der Waals surface area (Å²) >= 11 is 0. The molecule has 0 aromatic heterocycles. The normalized spacial score (nSPS) is 11.9. The Bertz CT molecular complexity index is 556. The standard InChI is InChI=1S/C23H37NO4/c1-2-3-4-5-6-7-8-9-10-11-12-13-22(26)24-21(23(27)28)18-19-14-16-20(25)17-15-19/h14-17,21,25H,2-13,18H2,1H3,(H,24,26)(H,27,28)/t21-/m0/s1. The van der Waals surface area contributed by atoms with E-state index in [-0.39, 0.29) is 18.1 Å². The van der Waals surface area contributed by atoms with E-state index in [1.54, 1.807) is 12.1 Å². The minimum atomic E-state index is -1.04. The van der Waals surface area contributed by atoms with Crippen molar-refractivity contribution in [3.05, 3.63) is 29.8 Å². The molecule has 5 heteroatoms. The molecule has 0 radical (unpaired) electrons. The van der Waals surface area contributed by atoms with Gasteiger partial charge >= 0.3 is 5.97 Å². The van der Waals surface area contributed by atoms with Gasteiger partial charge in [-0.3, -0.25) is 4.79 Å². The van der Waals surface area contributed by atoms with Crippen molar-refractivity contribution in [3.8, 4) is 5.75 Å². The van der Waals surface area contributed by atoms with Gasteiger partial charge < -0.3 is 15.5 Å². The number of unbranched alkanes of at least 4 members (excludes halogenated alkanes) is 10. The van der Waals surface area contributed by atoms with E-state index in [2.05, 4.69) is 12.2 Å². The summed E-state index contributed by atoms with van der Waals surface area (Å²) in [6, 6.07) is 5.43. The SMILES string of the molecule is CCCCCCCCCCCCCC(=O)N[C@@H](Cc1ccc(O)cc1)C(=O)O. The van der Waals surface area contributed by atoms with Gasteiger partial charge in [0.1, 0.15) is 11.8 Å². The average molecular weight is 392 g/mol. The molecule has 3 N–H and O–H groups in total. The lowest BCUT2D eigenvalue weighted by Gasteiger charge is -2.14. The molecular formula is C23H37NO4. The first-order chi connectivity index (χ1) is 13.5. The third kappa shape index (κ3) is 11.6. The van der Waals surface area contributed by atoms with Crippen LogP contribution in [0.3, 0.4) is 0 Å². The smallest absolute Gasteiger partial charge is 0.326 e. The summed E-state index contributed by atoms with van der Waals surface area (Å²) in [5.74, 6) is -1.11. The van der Waals surface area contributed by atoms with Crippen molar-refractivity contribution in [1.29, 1.82) is 0 Å². The Labute approximate surface area is 169 Å². The second-order valence-electron chi connectivity index (χ2n) is 7.61. The minimum Gasteiger partial charge on any atom is -0.508 e. The maximum absolute atomic E-state index is 12.0. The molecule has 0 fully saturated rings. The highest BCUT2D eigenvalue weighted by Crippen LogP contribution is 2.13. The van der Waals surface area contributed by atoms with E-state index in [4.69, 9.17) is 0 Å². The second-order valence-corrected chi connectivity index (χ2v) is 7.61. The predicted molar refractivity (Wildman–Crippen MR) is 112 cm³/mol. The van der Waals surface area contributed by atoms with Gasteiger partial charge in [-0.1, -0.05) is 83.3 Å². The summed E-state index contributed by atoms with van der Waals surface area (Å²) in [4.78, 5) is 23.4. The molecule has 1 aromatic carbocycles. The molecule has 1 amide bonds. The maximum atomic E-state index is 12.0. The van der Waals surface area contributed by atoms with E-state index >= 15 is 0 Å². The fourth-order valence-corrected chi connectivity index (χ4v) is 3.28. The lowest BCUT2D eigenvalue weighted by Crippen LogP contribution is -2.42. The van der Waals surface area contributed by atoms with Crippen molar-refractivity contribution in [2.24, 2.45) is 0 Å². The third-order valence-electron chi connectivity index (χ3n) is 5.02. The summed E-state index contributed by atoms with van der Waals surface area (Å²) in [5.41, 5.74) is 0.764. The first-order valence-corrected chi connectivity index (χ1v) is 10.8. The Morgan fingerprint density at radius 2 is 1.36 bits per heavy atom. The summed E-state index contributed by atoms with van der Waals surface area (Å²) in [6.07, 6.45) is 14.0. The molecule has 0 aliphatic rings. The molecule has 0 spiro atoms. The van der Waals surface area contributed by atoms with Crippen LogP contribution < -0.4 is 5.32 Å². The van der Waals surface area contributed by atoms with Gasteiger partial charge in [-0.05, 0) is 24.1 Å². The van der Waals surface area contributed by atoms with Gasteiger partial charge in [-0.2, -0.15) is 0 Å². The fraction of sp³-hybridized carbons (Fsp3) is 0.652. The molecule has 1 rings (SSSR count). The number of phenolic OH excluding ortho intramolecular Hbond substituents is 1. The van der Waals surface area contributed by atoms with E-state index < -0.39 is 12.0 Å². The van der Waals surface area contributed by atoms with Crippen LogP contribution in [0, 0.1) is 0 Å². The number of carbonyl (C=O) groups excluding carboxylic acids is 1. The molecule has 1 atom stereocenters. The zero-order valence-corrected chi connectivity index (χ0v) is 17.3. The van der Waals surface area contributed by atoms with Gasteiger partial charge in [0, 0.05) is 12.8 Å². The van der Waals surface area contributed by atoms with Crippen LogP contribution in [0.2, 0.25) is 0 Å². The van der Waals surface area contributed by atoms with Crippen LogP contribution >= 0.6 is 0 Å².